The molecule has 17 heavy (non-hydrogen) atoms. The Bertz CT molecular complexity index is 249. The Morgan fingerprint density at radius 1 is 1.41 bits per heavy atom. The van der Waals surface area contributed by atoms with Gasteiger partial charge in [0.2, 0.25) is 5.91 Å². The molecule has 100 valence electrons. The normalized spacial score (nSPS) is 13.9. The second-order valence-electron chi connectivity index (χ2n) is 3.82. The Morgan fingerprint density at radius 2 is 2.06 bits per heavy atom. The molecule has 6 heteroatoms. The number of alkyl halides is 1. The van der Waals surface area contributed by atoms with Crippen molar-refractivity contribution in [1.82, 2.24) is 10.6 Å². The number of amides is 1. The predicted molar refractivity (Wildman–Crippen MR) is 70.1 cm³/mol. The van der Waals surface area contributed by atoms with E-state index in [1.165, 1.54) is 7.11 Å². The van der Waals surface area contributed by atoms with E-state index < -0.39 is 0 Å². The molecule has 0 saturated heterocycles. The maximum atomic E-state index is 11.4. The third-order valence-corrected chi connectivity index (χ3v) is 3.03. The molecular formula is C11H21BrN2O3. The molecule has 2 unspecified atom stereocenters. The van der Waals surface area contributed by atoms with Gasteiger partial charge in [0.25, 0.3) is 0 Å². The van der Waals surface area contributed by atoms with Crippen molar-refractivity contribution in [2.24, 2.45) is 0 Å². The molecule has 2 atom stereocenters. The van der Waals surface area contributed by atoms with E-state index in [2.05, 4.69) is 31.3 Å². The summed E-state index contributed by atoms with van der Waals surface area (Å²) in [5.74, 6) is -0.294. The van der Waals surface area contributed by atoms with Gasteiger partial charge in [0.1, 0.15) is 4.83 Å². The van der Waals surface area contributed by atoms with Gasteiger partial charge < -0.3 is 15.4 Å². The van der Waals surface area contributed by atoms with Crippen molar-refractivity contribution in [3.05, 3.63) is 0 Å². The molecule has 0 rings (SSSR count). The summed E-state index contributed by atoms with van der Waals surface area (Å²) in [6.07, 6.45) is 1.33. The summed E-state index contributed by atoms with van der Waals surface area (Å²) in [7, 11) is 1.34. The summed E-state index contributed by atoms with van der Waals surface area (Å²) in [5, 5.41) is 5.88. The molecule has 0 aromatic heterocycles. The van der Waals surface area contributed by atoms with Crippen LogP contribution in [0.15, 0.2) is 0 Å². The minimum absolute atomic E-state index is 0.0241. The SMILES string of the molecule is CCC(C)NC(=O)CCNCC(Br)C(=O)OC. The van der Waals surface area contributed by atoms with Crippen molar-refractivity contribution >= 4 is 27.8 Å². The van der Waals surface area contributed by atoms with Gasteiger partial charge in [0.05, 0.1) is 7.11 Å². The molecule has 0 saturated carbocycles. The fourth-order valence-corrected chi connectivity index (χ4v) is 1.51. The lowest BCUT2D eigenvalue weighted by atomic mass is 10.2. The smallest absolute Gasteiger partial charge is 0.320 e. The third kappa shape index (κ3) is 8.15. The number of esters is 1. The van der Waals surface area contributed by atoms with Crippen LogP contribution in [-0.4, -0.2) is 42.9 Å². The summed E-state index contributed by atoms with van der Waals surface area (Å²) in [5.41, 5.74) is 0. The molecule has 0 aliphatic heterocycles. The van der Waals surface area contributed by atoms with Crippen molar-refractivity contribution in [3.63, 3.8) is 0 Å². The summed E-state index contributed by atoms with van der Waals surface area (Å²) in [6, 6.07) is 0.210. The van der Waals surface area contributed by atoms with Crippen LogP contribution in [0.2, 0.25) is 0 Å². The van der Waals surface area contributed by atoms with Crippen LogP contribution in [0.5, 0.6) is 0 Å². The lowest BCUT2D eigenvalue weighted by molar-refractivity contribution is -0.139. The maximum Gasteiger partial charge on any atom is 0.320 e. The highest BCUT2D eigenvalue weighted by molar-refractivity contribution is 9.10. The summed E-state index contributed by atoms with van der Waals surface area (Å²) in [6.45, 7) is 4.98. The predicted octanol–water partition coefficient (Wildman–Crippen LogP) is 0.817. The highest BCUT2D eigenvalue weighted by atomic mass is 79.9. The molecule has 1 amide bonds. The Balaban J connectivity index is 3.57. The van der Waals surface area contributed by atoms with Gasteiger partial charge in [-0.1, -0.05) is 22.9 Å². The number of carbonyl (C=O) groups is 2. The van der Waals surface area contributed by atoms with Crippen molar-refractivity contribution in [2.75, 3.05) is 20.2 Å². The quantitative estimate of drug-likeness (QED) is 0.396. The van der Waals surface area contributed by atoms with Crippen molar-refractivity contribution in [1.29, 1.82) is 0 Å². The zero-order valence-electron chi connectivity index (χ0n) is 10.6. The lowest BCUT2D eigenvalue weighted by Gasteiger charge is -2.12. The average Bonchev–Trinajstić information content (AvgIpc) is 2.32. The molecule has 0 bridgehead atoms. The molecule has 0 fully saturated rings. The van der Waals surface area contributed by atoms with Crippen LogP contribution in [0.25, 0.3) is 0 Å². The number of methoxy groups -OCH3 is 1. The van der Waals surface area contributed by atoms with E-state index in [1.54, 1.807) is 0 Å². The van der Waals surface area contributed by atoms with Crippen LogP contribution in [-0.2, 0) is 14.3 Å². The largest absolute Gasteiger partial charge is 0.468 e. The number of nitrogens with one attached hydrogen (secondary N) is 2. The van der Waals surface area contributed by atoms with E-state index in [-0.39, 0.29) is 22.7 Å². The molecule has 0 aliphatic rings. The van der Waals surface area contributed by atoms with Crippen LogP contribution in [0, 0.1) is 0 Å². The van der Waals surface area contributed by atoms with Gasteiger partial charge in [0, 0.05) is 25.6 Å². The number of hydrogen-bond acceptors (Lipinski definition) is 4. The highest BCUT2D eigenvalue weighted by Gasteiger charge is 2.14. The standard InChI is InChI=1S/C11H21BrN2O3/c1-4-8(2)14-10(15)5-6-13-7-9(12)11(16)17-3/h8-9,13H,4-7H2,1-3H3,(H,14,15). The number of ether oxygens (including phenoxy) is 1. The zero-order chi connectivity index (χ0) is 13.3. The highest BCUT2D eigenvalue weighted by Crippen LogP contribution is 1.99. The Morgan fingerprint density at radius 3 is 2.59 bits per heavy atom. The number of carbonyl (C=O) groups excluding carboxylic acids is 2. The molecule has 0 aliphatic carbocycles. The molecule has 0 spiro atoms. The van der Waals surface area contributed by atoms with E-state index in [1.807, 2.05) is 13.8 Å². The van der Waals surface area contributed by atoms with Crippen LogP contribution >= 0.6 is 15.9 Å². The number of halogens is 1. The van der Waals surface area contributed by atoms with Crippen LogP contribution < -0.4 is 10.6 Å². The topological polar surface area (TPSA) is 67.4 Å². The van der Waals surface area contributed by atoms with Gasteiger partial charge in [-0.3, -0.25) is 9.59 Å². The van der Waals surface area contributed by atoms with E-state index in [0.29, 0.717) is 19.5 Å². The fraction of sp³-hybridized carbons (Fsp3) is 0.818. The van der Waals surface area contributed by atoms with E-state index >= 15 is 0 Å². The minimum Gasteiger partial charge on any atom is -0.468 e. The van der Waals surface area contributed by atoms with Gasteiger partial charge in [0.15, 0.2) is 0 Å². The second kappa shape index (κ2) is 9.41. The average molecular weight is 309 g/mol. The second-order valence-corrected chi connectivity index (χ2v) is 4.93. The molecule has 0 radical (unpaired) electrons. The number of hydrogen-bond donors (Lipinski definition) is 2. The third-order valence-electron chi connectivity index (χ3n) is 2.33. The van der Waals surface area contributed by atoms with Gasteiger partial charge in [-0.2, -0.15) is 0 Å². The minimum atomic E-state index is -0.370. The van der Waals surface area contributed by atoms with Gasteiger partial charge in [-0.25, -0.2) is 0 Å². The summed E-state index contributed by atoms with van der Waals surface area (Å²) in [4.78, 5) is 22.1. The van der Waals surface area contributed by atoms with E-state index in [4.69, 9.17) is 0 Å². The van der Waals surface area contributed by atoms with Gasteiger partial charge >= 0.3 is 5.97 Å². The van der Waals surface area contributed by atoms with Crippen molar-refractivity contribution < 1.29 is 14.3 Å². The van der Waals surface area contributed by atoms with E-state index in [9.17, 15) is 9.59 Å². The Hall–Kier alpha value is -0.620. The van der Waals surface area contributed by atoms with Gasteiger partial charge in [-0.05, 0) is 13.3 Å². The first kappa shape index (κ1) is 16.4. The first-order valence-electron chi connectivity index (χ1n) is 5.73. The molecule has 0 aromatic carbocycles. The lowest BCUT2D eigenvalue weighted by Crippen LogP contribution is -2.36. The summed E-state index contributed by atoms with van der Waals surface area (Å²) < 4.78 is 4.55. The molecule has 5 nitrogen and oxygen atoms in total. The zero-order valence-corrected chi connectivity index (χ0v) is 12.2. The van der Waals surface area contributed by atoms with Crippen molar-refractivity contribution in [2.45, 2.75) is 37.6 Å². The maximum absolute atomic E-state index is 11.4. The fourth-order valence-electron chi connectivity index (χ4n) is 1.09. The van der Waals surface area contributed by atoms with Crippen molar-refractivity contribution in [3.8, 4) is 0 Å². The van der Waals surface area contributed by atoms with Crippen LogP contribution in [0.1, 0.15) is 26.7 Å². The molecule has 0 aromatic rings. The molecular weight excluding hydrogens is 288 g/mol. The first-order chi connectivity index (χ1) is 8.01. The first-order valence-corrected chi connectivity index (χ1v) is 6.64. The Labute approximate surface area is 111 Å². The summed E-state index contributed by atoms with van der Waals surface area (Å²) >= 11 is 3.18. The van der Waals surface area contributed by atoms with E-state index in [0.717, 1.165) is 6.42 Å². The Kier molecular flexibility index (Phi) is 9.07. The van der Waals surface area contributed by atoms with Crippen LogP contribution in [0.3, 0.4) is 0 Å². The molecule has 2 N–H and O–H groups in total. The monoisotopic (exact) mass is 308 g/mol. The number of rotatable bonds is 8. The molecule has 0 heterocycles. The van der Waals surface area contributed by atoms with Crippen LogP contribution in [0.4, 0.5) is 0 Å². The van der Waals surface area contributed by atoms with Gasteiger partial charge in [-0.15, -0.1) is 0 Å².